The Morgan fingerprint density at radius 3 is 1.80 bits per heavy atom. The number of alkyl halides is 1. The molecule has 0 saturated carbocycles. The van der Waals surface area contributed by atoms with Crippen molar-refractivity contribution in [3.8, 4) is 0 Å². The number of hydrogen-bond acceptors (Lipinski definition) is 4. The van der Waals surface area contributed by atoms with E-state index in [2.05, 4.69) is 15.9 Å². The largest absolute Gasteiger partial charge is 0.480 e. The average Bonchev–Trinajstić information content (AvgIpc) is 2.36. The van der Waals surface area contributed by atoms with Gasteiger partial charge in [0.2, 0.25) is 5.91 Å². The van der Waals surface area contributed by atoms with Gasteiger partial charge in [0.15, 0.2) is 0 Å². The number of aliphatic carboxylic acids is 1. The Hall–Kier alpha value is -1.15. The summed E-state index contributed by atoms with van der Waals surface area (Å²) in [5.41, 5.74) is 9.97. The van der Waals surface area contributed by atoms with Crippen molar-refractivity contribution in [1.82, 2.24) is 5.32 Å². The molecule has 0 aromatic heterocycles. The van der Waals surface area contributed by atoms with Crippen molar-refractivity contribution in [3.63, 3.8) is 0 Å². The van der Waals surface area contributed by atoms with Crippen LogP contribution >= 0.6 is 15.9 Å². The fourth-order valence-electron chi connectivity index (χ4n) is 1.08. The number of carbonyl (C=O) groups excluding carboxylic acids is 2. The van der Waals surface area contributed by atoms with Crippen LogP contribution in [0.5, 0.6) is 0 Å². The maximum atomic E-state index is 11.3. The van der Waals surface area contributed by atoms with Gasteiger partial charge >= 0.3 is 12.0 Å². The molecular weight excluding hydrogens is 330 g/mol. The Morgan fingerprint density at radius 2 is 1.65 bits per heavy atom. The van der Waals surface area contributed by atoms with Gasteiger partial charge in [0.25, 0.3) is 0 Å². The van der Waals surface area contributed by atoms with Crippen molar-refractivity contribution in [2.75, 3.05) is 0 Å². The lowest BCUT2D eigenvalue weighted by Crippen LogP contribution is -2.46. The molecule has 0 heterocycles. The second kappa shape index (κ2) is 9.71. The molecule has 8 heteroatoms. The Labute approximate surface area is 127 Å². The lowest BCUT2D eigenvalue weighted by molar-refractivity contribution is -0.139. The van der Waals surface area contributed by atoms with Gasteiger partial charge in [-0.05, 0) is 18.8 Å². The summed E-state index contributed by atoms with van der Waals surface area (Å²) in [4.78, 5) is 31.7. The lowest BCUT2D eigenvalue weighted by atomic mass is 10.0. The molecular formula is C12H24BrN3O4. The molecule has 0 unspecified atom stereocenters. The Bertz CT molecular complexity index is 344. The number of carbonyl (C=O) groups is 3. The minimum absolute atomic E-state index is 0.0208. The minimum Gasteiger partial charge on any atom is -0.480 e. The summed E-state index contributed by atoms with van der Waals surface area (Å²) < 4.78 is -0.665. The van der Waals surface area contributed by atoms with Crippen LogP contribution in [0.2, 0.25) is 0 Å². The monoisotopic (exact) mass is 353 g/mol. The van der Waals surface area contributed by atoms with E-state index in [9.17, 15) is 14.4 Å². The number of rotatable bonds is 5. The summed E-state index contributed by atoms with van der Waals surface area (Å²) in [6.45, 7) is 7.27. The summed E-state index contributed by atoms with van der Waals surface area (Å²) in [5, 5.41) is 10.3. The van der Waals surface area contributed by atoms with Gasteiger partial charge in [0.05, 0.1) is 0 Å². The van der Waals surface area contributed by atoms with E-state index in [1.807, 2.05) is 19.2 Å². The second-order valence-corrected chi connectivity index (χ2v) is 6.12. The van der Waals surface area contributed by atoms with E-state index < -0.39 is 22.4 Å². The predicted molar refractivity (Wildman–Crippen MR) is 80.4 cm³/mol. The minimum atomic E-state index is -0.931. The highest BCUT2D eigenvalue weighted by Crippen LogP contribution is 2.26. The lowest BCUT2D eigenvalue weighted by Gasteiger charge is -2.21. The fourth-order valence-corrected chi connectivity index (χ4v) is 1.18. The molecule has 0 aromatic rings. The zero-order valence-electron chi connectivity index (χ0n) is 12.3. The van der Waals surface area contributed by atoms with Gasteiger partial charge in [-0.3, -0.25) is 14.9 Å². The molecule has 3 amide bonds. The topological polar surface area (TPSA) is 136 Å². The number of amides is 3. The number of halogens is 1. The van der Waals surface area contributed by atoms with E-state index in [4.69, 9.17) is 16.6 Å². The molecule has 0 radical (unpaired) electrons. The quantitative estimate of drug-likeness (QED) is 0.550. The number of carboxylic acid groups (broad SMARTS) is 1. The van der Waals surface area contributed by atoms with E-state index in [1.54, 1.807) is 13.8 Å². The first kappa shape index (κ1) is 21.2. The van der Waals surface area contributed by atoms with Crippen LogP contribution in [-0.4, -0.2) is 33.4 Å². The highest BCUT2D eigenvalue weighted by atomic mass is 79.9. The normalized spacial score (nSPS) is 12.2. The third kappa shape index (κ3) is 8.11. The number of nitrogens with one attached hydrogen (secondary N) is 1. The maximum Gasteiger partial charge on any atom is 0.320 e. The highest BCUT2D eigenvalue weighted by molar-refractivity contribution is 9.10. The summed E-state index contributed by atoms with van der Waals surface area (Å²) in [5.74, 6) is -1.28. The van der Waals surface area contributed by atoms with Gasteiger partial charge in [0, 0.05) is 0 Å². The number of hydrogen-bond donors (Lipinski definition) is 4. The van der Waals surface area contributed by atoms with E-state index >= 15 is 0 Å². The van der Waals surface area contributed by atoms with Crippen molar-refractivity contribution in [2.45, 2.75) is 50.9 Å². The molecule has 118 valence electrons. The number of primary amides is 1. The van der Waals surface area contributed by atoms with Crippen LogP contribution in [-0.2, 0) is 9.59 Å². The maximum absolute atomic E-state index is 11.3. The number of imide groups is 1. The first-order valence-electron chi connectivity index (χ1n) is 6.29. The first-order valence-corrected chi connectivity index (χ1v) is 7.09. The summed E-state index contributed by atoms with van der Waals surface area (Å²) in [6, 6.07) is -1.53. The molecule has 0 fully saturated rings. The molecule has 1 atom stereocenters. The van der Waals surface area contributed by atoms with Crippen LogP contribution in [0, 0.1) is 5.92 Å². The van der Waals surface area contributed by atoms with Gasteiger partial charge in [-0.1, -0.05) is 43.6 Å². The first-order chi connectivity index (χ1) is 9.01. The molecule has 0 aliphatic carbocycles. The molecule has 7 nitrogen and oxygen atoms in total. The van der Waals surface area contributed by atoms with Gasteiger partial charge < -0.3 is 16.6 Å². The molecule has 0 aromatic carbocycles. The molecule has 0 saturated heterocycles. The van der Waals surface area contributed by atoms with Crippen LogP contribution in [0.15, 0.2) is 0 Å². The van der Waals surface area contributed by atoms with Gasteiger partial charge in [-0.15, -0.1) is 0 Å². The SMILES string of the molecule is CC(C)[C@H](N)C(=O)O.CCC(Br)(CC)C(=O)NC(N)=O. The van der Waals surface area contributed by atoms with E-state index in [-0.39, 0.29) is 11.8 Å². The van der Waals surface area contributed by atoms with Crippen LogP contribution < -0.4 is 16.8 Å². The third-order valence-electron chi connectivity index (χ3n) is 2.77. The Kier molecular flexibility index (Phi) is 10.3. The van der Waals surface area contributed by atoms with Gasteiger partial charge in [-0.25, -0.2) is 4.79 Å². The number of nitrogens with two attached hydrogens (primary N) is 2. The summed E-state index contributed by atoms with van der Waals surface area (Å²) in [6.07, 6.45) is 1.23. The van der Waals surface area contributed by atoms with Crippen molar-refractivity contribution in [1.29, 1.82) is 0 Å². The second-order valence-electron chi connectivity index (χ2n) is 4.60. The molecule has 0 rings (SSSR count). The molecule has 0 bridgehead atoms. The number of urea groups is 1. The predicted octanol–water partition coefficient (Wildman–Crippen LogP) is 1.19. The van der Waals surface area contributed by atoms with Crippen molar-refractivity contribution in [3.05, 3.63) is 0 Å². The summed E-state index contributed by atoms with van der Waals surface area (Å²) in [7, 11) is 0. The Morgan fingerprint density at radius 1 is 1.25 bits per heavy atom. The van der Waals surface area contributed by atoms with E-state index in [1.165, 1.54) is 0 Å². The van der Waals surface area contributed by atoms with Crippen LogP contribution in [0.25, 0.3) is 0 Å². The van der Waals surface area contributed by atoms with E-state index in [0.29, 0.717) is 12.8 Å². The number of carboxylic acids is 1. The van der Waals surface area contributed by atoms with Crippen molar-refractivity contribution < 1.29 is 19.5 Å². The fraction of sp³-hybridized carbons (Fsp3) is 0.750. The molecule has 0 aliphatic heterocycles. The van der Waals surface area contributed by atoms with E-state index in [0.717, 1.165) is 0 Å². The molecule has 20 heavy (non-hydrogen) atoms. The zero-order valence-corrected chi connectivity index (χ0v) is 13.9. The van der Waals surface area contributed by atoms with Gasteiger partial charge in [0.1, 0.15) is 10.4 Å². The molecule has 0 aliphatic rings. The van der Waals surface area contributed by atoms with Crippen LogP contribution in [0.4, 0.5) is 4.79 Å². The third-order valence-corrected chi connectivity index (χ3v) is 4.25. The molecule has 0 spiro atoms. The zero-order chi connectivity index (χ0) is 16.5. The standard InChI is InChI=1S/C7H13BrN2O2.C5H11NO2/c1-3-7(8,4-2)5(11)10-6(9)12;1-3(2)4(6)5(7)8/h3-4H2,1-2H3,(H3,9,10,11,12);3-4H,6H2,1-2H3,(H,7,8)/t;4-/m.0/s1. The van der Waals surface area contributed by atoms with Crippen LogP contribution in [0.1, 0.15) is 40.5 Å². The molecule has 6 N–H and O–H groups in total. The summed E-state index contributed by atoms with van der Waals surface area (Å²) >= 11 is 3.26. The van der Waals surface area contributed by atoms with Crippen molar-refractivity contribution >= 4 is 33.8 Å². The Balaban J connectivity index is 0. The van der Waals surface area contributed by atoms with Gasteiger partial charge in [-0.2, -0.15) is 0 Å². The highest BCUT2D eigenvalue weighted by Gasteiger charge is 2.32. The van der Waals surface area contributed by atoms with Crippen LogP contribution in [0.3, 0.4) is 0 Å². The van der Waals surface area contributed by atoms with Crippen molar-refractivity contribution in [2.24, 2.45) is 17.4 Å². The smallest absolute Gasteiger partial charge is 0.320 e. The average molecular weight is 354 g/mol.